The predicted octanol–water partition coefficient (Wildman–Crippen LogP) is 5.01. The number of nitrogens with one attached hydrogen (secondary N) is 1. The van der Waals surface area contributed by atoms with Crippen LogP contribution >= 0.6 is 0 Å². The summed E-state index contributed by atoms with van der Waals surface area (Å²) in [5.41, 5.74) is -1.19. The molecule has 0 saturated heterocycles. The van der Waals surface area contributed by atoms with Crippen LogP contribution < -0.4 is 10.5 Å². The van der Waals surface area contributed by atoms with E-state index in [2.05, 4.69) is 37.1 Å². The first-order valence-electron chi connectivity index (χ1n) is 11.2. The van der Waals surface area contributed by atoms with E-state index < -0.39 is 37.2 Å². The van der Waals surface area contributed by atoms with Crippen LogP contribution in [-0.4, -0.2) is 38.4 Å². The molecule has 0 bridgehead atoms. The van der Waals surface area contributed by atoms with Gasteiger partial charge in [-0.15, -0.1) is 6.58 Å². The molecule has 33 heavy (non-hydrogen) atoms. The molecule has 2 aromatic rings. The van der Waals surface area contributed by atoms with Crippen LogP contribution in [0.1, 0.15) is 33.3 Å². The number of benzene rings is 2. The van der Waals surface area contributed by atoms with E-state index in [-0.39, 0.29) is 6.42 Å². The molecule has 178 valence electrons. The maximum absolute atomic E-state index is 13.4. The minimum atomic E-state index is -2.22. The van der Waals surface area contributed by atoms with E-state index in [1.807, 2.05) is 55.5 Å². The number of carbonyl (C=O) groups is 2. The van der Waals surface area contributed by atoms with Crippen molar-refractivity contribution >= 4 is 25.3 Å². The Kier molecular flexibility index (Phi) is 8.30. The summed E-state index contributed by atoms with van der Waals surface area (Å²) < 4.78 is 10.8. The molecule has 0 fully saturated rings. The second-order valence-electron chi connectivity index (χ2n) is 9.99. The average Bonchev–Trinajstić information content (AvgIpc) is 2.76. The van der Waals surface area contributed by atoms with Crippen molar-refractivity contribution in [2.24, 2.45) is 5.92 Å². The van der Waals surface area contributed by atoms with Gasteiger partial charge in [0.1, 0.15) is 13.7 Å². The summed E-state index contributed by atoms with van der Waals surface area (Å²) in [6.07, 6.45) is -0.415. The van der Waals surface area contributed by atoms with Crippen LogP contribution in [0.25, 0.3) is 0 Å². The Hall–Kier alpha value is -2.86. The molecule has 2 rings (SSSR count). The third kappa shape index (κ3) is 6.35. The molecule has 1 N–H and O–H groups in total. The van der Waals surface area contributed by atoms with Gasteiger partial charge in [0.15, 0.2) is 5.54 Å². The summed E-state index contributed by atoms with van der Waals surface area (Å²) in [7, 11) is -0.882. The normalized spacial score (nSPS) is 14.5. The number of methoxy groups -OCH3 is 1. The molecule has 0 spiro atoms. The van der Waals surface area contributed by atoms with Crippen LogP contribution in [0.5, 0.6) is 0 Å². The Labute approximate surface area is 199 Å². The van der Waals surface area contributed by atoms with Crippen LogP contribution in [0.3, 0.4) is 0 Å². The highest BCUT2D eigenvalue weighted by molar-refractivity contribution is 6.95. The number of amides is 1. The van der Waals surface area contributed by atoms with Crippen LogP contribution in [-0.2, 0) is 20.7 Å². The Morgan fingerprint density at radius 2 is 1.52 bits per heavy atom. The van der Waals surface area contributed by atoms with Gasteiger partial charge in [0.05, 0.1) is 7.11 Å². The smallest absolute Gasteiger partial charge is 0.408 e. The van der Waals surface area contributed by atoms with E-state index in [9.17, 15) is 9.59 Å². The Morgan fingerprint density at radius 1 is 1.00 bits per heavy atom. The zero-order chi connectivity index (χ0) is 24.9. The van der Waals surface area contributed by atoms with Gasteiger partial charge in [-0.2, -0.15) is 0 Å². The quantitative estimate of drug-likeness (QED) is 0.438. The molecule has 0 aliphatic rings. The first-order chi connectivity index (χ1) is 15.3. The van der Waals surface area contributed by atoms with Gasteiger partial charge in [-0.1, -0.05) is 91.1 Å². The number of carbonyl (C=O) groups excluding carboxylic acids is 2. The van der Waals surface area contributed by atoms with Crippen LogP contribution in [0.15, 0.2) is 72.4 Å². The lowest BCUT2D eigenvalue weighted by Crippen LogP contribution is -2.64. The number of ether oxygens (including phenoxy) is 2. The van der Waals surface area contributed by atoms with Crippen LogP contribution in [0.4, 0.5) is 4.79 Å². The van der Waals surface area contributed by atoms with Crippen LogP contribution in [0, 0.1) is 5.92 Å². The van der Waals surface area contributed by atoms with Crippen molar-refractivity contribution in [1.29, 1.82) is 0 Å². The third-order valence-electron chi connectivity index (χ3n) is 6.16. The van der Waals surface area contributed by atoms with E-state index in [1.54, 1.807) is 20.8 Å². The second-order valence-corrected chi connectivity index (χ2v) is 14.5. The first kappa shape index (κ1) is 26.4. The minimum absolute atomic E-state index is 0.249. The van der Waals surface area contributed by atoms with Gasteiger partial charge in [0.25, 0.3) is 0 Å². The number of rotatable bonds is 8. The summed E-state index contributed by atoms with van der Waals surface area (Å²) in [5, 5.41) is 5.06. The van der Waals surface area contributed by atoms with Crippen molar-refractivity contribution in [3.63, 3.8) is 0 Å². The highest BCUT2D eigenvalue weighted by atomic mass is 28.3. The number of hydrogen-bond acceptors (Lipinski definition) is 4. The number of alkyl carbamates (subject to hydrolysis) is 1. The summed E-state index contributed by atoms with van der Waals surface area (Å²) in [6.45, 7) is 16.2. The van der Waals surface area contributed by atoms with E-state index in [0.29, 0.717) is 0 Å². The van der Waals surface area contributed by atoms with Crippen molar-refractivity contribution < 1.29 is 19.1 Å². The van der Waals surface area contributed by atoms with Gasteiger partial charge < -0.3 is 14.8 Å². The van der Waals surface area contributed by atoms with Crippen LogP contribution in [0.2, 0.25) is 13.1 Å². The lowest BCUT2D eigenvalue weighted by Gasteiger charge is -2.42. The lowest BCUT2D eigenvalue weighted by atomic mass is 9.79. The van der Waals surface area contributed by atoms with Gasteiger partial charge in [-0.05, 0) is 26.3 Å². The third-order valence-corrected chi connectivity index (χ3v) is 9.97. The zero-order valence-corrected chi connectivity index (χ0v) is 21.9. The fourth-order valence-electron chi connectivity index (χ4n) is 4.07. The SMILES string of the molecule is C=C([C@H](C)[C@](Cc1ccccc1)(NC(=O)OC(C)(C)C)C(=O)OC)[Si](C)(C)c1ccccc1. The topological polar surface area (TPSA) is 64.6 Å². The fourth-order valence-corrected chi connectivity index (χ4v) is 6.80. The van der Waals surface area contributed by atoms with E-state index in [0.717, 1.165) is 10.8 Å². The molecule has 1 amide bonds. The van der Waals surface area contributed by atoms with Gasteiger partial charge in [0, 0.05) is 12.3 Å². The molecule has 5 nitrogen and oxygen atoms in total. The van der Waals surface area contributed by atoms with E-state index in [4.69, 9.17) is 9.47 Å². The molecule has 0 radical (unpaired) electrons. The standard InChI is InChI=1S/C27H37NO4Si/c1-20(21(2)33(7,8)23-17-13-10-14-18-23)27(24(29)31-6,19-22-15-11-9-12-16-22)28-25(30)32-26(3,4)5/h9-18,20H,2,19H2,1,3-8H3,(H,28,30)/t20-,27-/m0/s1. The number of esters is 1. The summed E-state index contributed by atoms with van der Waals surface area (Å²) in [6, 6.07) is 19.8. The molecule has 0 saturated carbocycles. The Morgan fingerprint density at radius 3 is 2.00 bits per heavy atom. The van der Waals surface area contributed by atoms with Gasteiger partial charge in [-0.3, -0.25) is 0 Å². The molecule has 0 heterocycles. The maximum Gasteiger partial charge on any atom is 0.408 e. The van der Waals surface area contributed by atoms with Crippen molar-refractivity contribution in [2.75, 3.05) is 7.11 Å². The molecular weight excluding hydrogens is 430 g/mol. The molecule has 0 unspecified atom stereocenters. The molecular formula is C27H37NO4Si. The first-order valence-corrected chi connectivity index (χ1v) is 14.2. The highest BCUT2D eigenvalue weighted by Crippen LogP contribution is 2.34. The van der Waals surface area contributed by atoms with Gasteiger partial charge in [0.2, 0.25) is 0 Å². The van der Waals surface area contributed by atoms with Crippen molar-refractivity contribution in [3.05, 3.63) is 78.0 Å². The van der Waals surface area contributed by atoms with E-state index in [1.165, 1.54) is 12.3 Å². The van der Waals surface area contributed by atoms with Crippen molar-refractivity contribution in [2.45, 2.75) is 58.3 Å². The monoisotopic (exact) mass is 467 g/mol. The molecule has 2 atom stereocenters. The summed E-state index contributed by atoms with van der Waals surface area (Å²) in [4.78, 5) is 26.4. The second kappa shape index (κ2) is 10.4. The minimum Gasteiger partial charge on any atom is -0.467 e. The fraction of sp³-hybridized carbons (Fsp3) is 0.407. The average molecular weight is 468 g/mol. The molecule has 2 aromatic carbocycles. The van der Waals surface area contributed by atoms with E-state index >= 15 is 0 Å². The van der Waals surface area contributed by atoms with Crippen molar-refractivity contribution in [1.82, 2.24) is 5.32 Å². The highest BCUT2D eigenvalue weighted by Gasteiger charge is 2.50. The number of hydrogen-bond donors (Lipinski definition) is 1. The maximum atomic E-state index is 13.4. The lowest BCUT2D eigenvalue weighted by molar-refractivity contribution is -0.150. The van der Waals surface area contributed by atoms with Crippen molar-refractivity contribution in [3.8, 4) is 0 Å². The molecule has 0 aliphatic heterocycles. The van der Waals surface area contributed by atoms with Gasteiger partial charge >= 0.3 is 12.1 Å². The Bertz CT molecular complexity index is 967. The largest absolute Gasteiger partial charge is 0.467 e. The van der Waals surface area contributed by atoms with Gasteiger partial charge in [-0.25, -0.2) is 9.59 Å². The molecule has 0 aromatic heterocycles. The summed E-state index contributed by atoms with van der Waals surface area (Å²) >= 11 is 0. The zero-order valence-electron chi connectivity index (χ0n) is 20.9. The predicted molar refractivity (Wildman–Crippen MR) is 136 cm³/mol. The molecule has 6 heteroatoms. The molecule has 0 aliphatic carbocycles. The summed E-state index contributed by atoms with van der Waals surface area (Å²) in [5.74, 6) is -0.941. The Balaban J connectivity index is 2.58.